The first-order chi connectivity index (χ1) is 10.8. The van der Waals surface area contributed by atoms with Gasteiger partial charge in [0.15, 0.2) is 5.78 Å². The highest BCUT2D eigenvalue weighted by Crippen LogP contribution is 2.32. The van der Waals surface area contributed by atoms with Crippen molar-refractivity contribution in [1.82, 2.24) is 9.21 Å². The SMILES string of the molecule is CC(C)[C@H]1CN(S(C)(=O)=O)CC1C(=O)C=CCN1CCOCC1. The van der Waals surface area contributed by atoms with Gasteiger partial charge in [0, 0.05) is 38.6 Å². The molecule has 7 heteroatoms. The molecule has 0 spiro atoms. The minimum absolute atomic E-state index is 0.0445. The summed E-state index contributed by atoms with van der Waals surface area (Å²) in [6.45, 7) is 8.85. The summed E-state index contributed by atoms with van der Waals surface area (Å²) in [5, 5.41) is 0. The summed E-state index contributed by atoms with van der Waals surface area (Å²) < 4.78 is 30.3. The molecule has 0 N–H and O–H groups in total. The first kappa shape index (κ1) is 18.6. The van der Waals surface area contributed by atoms with Crippen molar-refractivity contribution in [2.45, 2.75) is 13.8 Å². The number of hydrogen-bond acceptors (Lipinski definition) is 5. The van der Waals surface area contributed by atoms with Gasteiger partial charge in [-0.2, -0.15) is 0 Å². The summed E-state index contributed by atoms with van der Waals surface area (Å²) >= 11 is 0. The molecule has 2 aliphatic heterocycles. The van der Waals surface area contributed by atoms with Crippen molar-refractivity contribution in [3.63, 3.8) is 0 Å². The first-order valence-corrected chi connectivity index (χ1v) is 10.1. The molecule has 0 aromatic rings. The molecule has 6 nitrogen and oxygen atoms in total. The highest BCUT2D eigenvalue weighted by Gasteiger charge is 2.41. The van der Waals surface area contributed by atoms with Crippen LogP contribution in [-0.2, 0) is 19.6 Å². The van der Waals surface area contributed by atoms with Gasteiger partial charge in [0.25, 0.3) is 0 Å². The molecule has 0 bridgehead atoms. The second-order valence-electron chi connectivity index (χ2n) is 6.81. The quantitative estimate of drug-likeness (QED) is 0.661. The van der Waals surface area contributed by atoms with Crippen molar-refractivity contribution in [2.24, 2.45) is 17.8 Å². The summed E-state index contributed by atoms with van der Waals surface area (Å²) in [6, 6.07) is 0. The molecular formula is C16H28N2O4S. The van der Waals surface area contributed by atoms with Crippen LogP contribution in [0.1, 0.15) is 13.8 Å². The van der Waals surface area contributed by atoms with Gasteiger partial charge in [0.05, 0.1) is 19.5 Å². The van der Waals surface area contributed by atoms with E-state index in [0.29, 0.717) is 13.1 Å². The van der Waals surface area contributed by atoms with E-state index in [9.17, 15) is 13.2 Å². The zero-order chi connectivity index (χ0) is 17.0. The summed E-state index contributed by atoms with van der Waals surface area (Å²) in [5.74, 6) is 0.183. The van der Waals surface area contributed by atoms with Gasteiger partial charge in [-0.1, -0.05) is 19.9 Å². The smallest absolute Gasteiger partial charge is 0.211 e. The van der Waals surface area contributed by atoms with Crippen molar-refractivity contribution in [1.29, 1.82) is 0 Å². The summed E-state index contributed by atoms with van der Waals surface area (Å²) in [7, 11) is -3.24. The first-order valence-electron chi connectivity index (χ1n) is 8.24. The number of sulfonamides is 1. The minimum Gasteiger partial charge on any atom is -0.379 e. The van der Waals surface area contributed by atoms with Gasteiger partial charge in [-0.05, 0) is 17.9 Å². The fourth-order valence-corrected chi connectivity index (χ4v) is 4.14. The second-order valence-corrected chi connectivity index (χ2v) is 8.79. The number of carbonyl (C=O) groups is 1. The highest BCUT2D eigenvalue weighted by molar-refractivity contribution is 7.88. The van der Waals surface area contributed by atoms with E-state index >= 15 is 0 Å². The third-order valence-corrected chi connectivity index (χ3v) is 6.01. The number of hydrogen-bond donors (Lipinski definition) is 0. The largest absolute Gasteiger partial charge is 0.379 e. The van der Waals surface area contributed by atoms with Crippen LogP contribution in [0, 0.1) is 17.8 Å². The Labute approximate surface area is 139 Å². The van der Waals surface area contributed by atoms with Crippen LogP contribution in [0.3, 0.4) is 0 Å². The zero-order valence-corrected chi connectivity index (χ0v) is 15.1. The van der Waals surface area contributed by atoms with Gasteiger partial charge in [-0.25, -0.2) is 12.7 Å². The van der Waals surface area contributed by atoms with Crippen molar-refractivity contribution in [3.8, 4) is 0 Å². The van der Waals surface area contributed by atoms with Gasteiger partial charge >= 0.3 is 0 Å². The number of carbonyl (C=O) groups excluding carboxylic acids is 1. The molecule has 0 aromatic carbocycles. The predicted molar refractivity (Wildman–Crippen MR) is 89.6 cm³/mol. The van der Waals surface area contributed by atoms with E-state index < -0.39 is 10.0 Å². The predicted octanol–water partition coefficient (Wildman–Crippen LogP) is 0.608. The Morgan fingerprint density at radius 3 is 2.48 bits per heavy atom. The molecule has 23 heavy (non-hydrogen) atoms. The summed E-state index contributed by atoms with van der Waals surface area (Å²) in [5.41, 5.74) is 0. The molecule has 132 valence electrons. The fourth-order valence-electron chi connectivity index (χ4n) is 3.26. The Balaban J connectivity index is 1.95. The lowest BCUT2D eigenvalue weighted by atomic mass is 9.83. The van der Waals surface area contributed by atoms with E-state index in [1.165, 1.54) is 10.6 Å². The van der Waals surface area contributed by atoms with E-state index in [1.54, 1.807) is 6.08 Å². The normalized spacial score (nSPS) is 28.0. The lowest BCUT2D eigenvalue weighted by Crippen LogP contribution is -2.36. The standard InChI is InChI=1S/C16H28N2O4S/c1-13(2)14-11-18(23(3,20)21)12-15(14)16(19)5-4-6-17-7-9-22-10-8-17/h4-5,13-15H,6-12H2,1-3H3/t14-,15?/m1/s1. The Bertz CT molecular complexity index is 538. The van der Waals surface area contributed by atoms with Gasteiger partial charge < -0.3 is 4.74 Å². The molecule has 1 unspecified atom stereocenters. The molecule has 0 aromatic heterocycles. The molecule has 0 amide bonds. The van der Waals surface area contributed by atoms with Gasteiger partial charge in [0.1, 0.15) is 0 Å². The number of allylic oxidation sites excluding steroid dienone is 1. The molecule has 2 fully saturated rings. The average molecular weight is 344 g/mol. The Morgan fingerprint density at radius 2 is 1.91 bits per heavy atom. The molecule has 0 saturated carbocycles. The maximum atomic E-state index is 12.5. The maximum Gasteiger partial charge on any atom is 0.211 e. The van der Waals surface area contributed by atoms with Crippen LogP contribution < -0.4 is 0 Å². The summed E-state index contributed by atoms with van der Waals surface area (Å²) in [4.78, 5) is 14.8. The van der Waals surface area contributed by atoms with Gasteiger partial charge in [0.2, 0.25) is 10.0 Å². The molecule has 2 aliphatic rings. The van der Waals surface area contributed by atoms with Crippen LogP contribution in [0.15, 0.2) is 12.2 Å². The van der Waals surface area contributed by atoms with Crippen LogP contribution in [0.5, 0.6) is 0 Å². The topological polar surface area (TPSA) is 66.9 Å². The van der Waals surface area contributed by atoms with E-state index in [2.05, 4.69) is 4.90 Å². The lowest BCUT2D eigenvalue weighted by molar-refractivity contribution is -0.119. The molecular weight excluding hydrogens is 316 g/mol. The monoisotopic (exact) mass is 344 g/mol. The van der Waals surface area contributed by atoms with Crippen LogP contribution in [0.4, 0.5) is 0 Å². The van der Waals surface area contributed by atoms with Crippen LogP contribution >= 0.6 is 0 Å². The Hall–Kier alpha value is -0.760. The lowest BCUT2D eigenvalue weighted by Gasteiger charge is -2.25. The molecule has 2 rings (SSSR count). The van der Waals surface area contributed by atoms with E-state index in [-0.39, 0.29) is 23.5 Å². The summed E-state index contributed by atoms with van der Waals surface area (Å²) in [6.07, 6.45) is 4.75. The number of ether oxygens (including phenoxy) is 1. The van der Waals surface area contributed by atoms with Crippen LogP contribution in [0.25, 0.3) is 0 Å². The second kappa shape index (κ2) is 7.88. The average Bonchev–Trinajstić information content (AvgIpc) is 2.94. The number of morpholine rings is 1. The molecule has 0 aliphatic carbocycles. The number of rotatable bonds is 6. The third kappa shape index (κ3) is 5.11. The molecule has 2 saturated heterocycles. The van der Waals surface area contributed by atoms with Crippen molar-refractivity contribution in [3.05, 3.63) is 12.2 Å². The minimum atomic E-state index is -3.24. The van der Waals surface area contributed by atoms with Crippen molar-refractivity contribution >= 4 is 15.8 Å². The van der Waals surface area contributed by atoms with Crippen LogP contribution in [0.2, 0.25) is 0 Å². The van der Waals surface area contributed by atoms with Crippen molar-refractivity contribution in [2.75, 3.05) is 52.2 Å². The zero-order valence-electron chi connectivity index (χ0n) is 14.3. The van der Waals surface area contributed by atoms with Gasteiger partial charge in [-0.3, -0.25) is 9.69 Å². The molecule has 2 heterocycles. The number of ketones is 1. The van der Waals surface area contributed by atoms with E-state index in [4.69, 9.17) is 4.74 Å². The third-order valence-electron chi connectivity index (χ3n) is 4.77. The molecule has 0 radical (unpaired) electrons. The Kier molecular flexibility index (Phi) is 6.36. The fraction of sp³-hybridized carbons (Fsp3) is 0.812. The Morgan fingerprint density at radius 1 is 1.26 bits per heavy atom. The van der Waals surface area contributed by atoms with Crippen LogP contribution in [-0.4, -0.2) is 75.6 Å². The van der Waals surface area contributed by atoms with E-state index in [1.807, 2.05) is 19.9 Å². The molecule has 2 atom stereocenters. The maximum absolute atomic E-state index is 12.5. The van der Waals surface area contributed by atoms with E-state index in [0.717, 1.165) is 32.8 Å². The van der Waals surface area contributed by atoms with Gasteiger partial charge in [-0.15, -0.1) is 0 Å². The highest BCUT2D eigenvalue weighted by atomic mass is 32.2. The number of nitrogens with zero attached hydrogens (tertiary/aromatic N) is 2. The van der Waals surface area contributed by atoms with Crippen molar-refractivity contribution < 1.29 is 17.9 Å².